The number of carbonyl (C=O) groups excluding carboxylic acids is 1. The molecule has 0 aliphatic carbocycles. The molecule has 0 spiro atoms. The lowest BCUT2D eigenvalue weighted by Gasteiger charge is -2.34. The molecule has 2 nitrogen and oxygen atoms in total. The molecule has 6 heteroatoms. The Balaban J connectivity index is 1.67. The second-order valence-corrected chi connectivity index (χ2v) is 7.36. The molecule has 3 aromatic carbocycles. The summed E-state index contributed by atoms with van der Waals surface area (Å²) in [7, 11) is 0. The number of nitrogens with zero attached hydrogens (tertiary/aromatic N) is 1. The highest BCUT2D eigenvalue weighted by Gasteiger charge is 2.34. The van der Waals surface area contributed by atoms with Crippen molar-refractivity contribution in [2.24, 2.45) is 0 Å². The second-order valence-electron chi connectivity index (χ2n) is 7.36. The molecular formula is C24H19F4NO. The van der Waals surface area contributed by atoms with Crippen LogP contribution in [0.15, 0.2) is 66.7 Å². The van der Waals surface area contributed by atoms with Crippen LogP contribution in [0.4, 0.5) is 17.6 Å². The minimum atomic E-state index is -4.46. The molecule has 1 aliphatic heterocycles. The van der Waals surface area contributed by atoms with Crippen LogP contribution >= 0.6 is 0 Å². The molecule has 0 radical (unpaired) electrons. The average molecular weight is 413 g/mol. The van der Waals surface area contributed by atoms with Crippen molar-refractivity contribution in [3.05, 3.63) is 94.8 Å². The third-order valence-corrected chi connectivity index (χ3v) is 5.58. The zero-order valence-corrected chi connectivity index (χ0v) is 16.2. The van der Waals surface area contributed by atoms with Gasteiger partial charge in [0.05, 0.1) is 11.6 Å². The molecule has 4 rings (SSSR count). The Labute approximate surface area is 171 Å². The van der Waals surface area contributed by atoms with Crippen LogP contribution in [0, 0.1) is 5.82 Å². The smallest absolute Gasteiger partial charge is 0.331 e. The minimum Gasteiger partial charge on any atom is -0.331 e. The van der Waals surface area contributed by atoms with Crippen LogP contribution in [0.25, 0.3) is 11.1 Å². The summed E-state index contributed by atoms with van der Waals surface area (Å²) in [6, 6.07) is 16.1. The first-order chi connectivity index (χ1) is 14.3. The van der Waals surface area contributed by atoms with Crippen LogP contribution in [0.2, 0.25) is 0 Å². The van der Waals surface area contributed by atoms with Crippen molar-refractivity contribution in [1.82, 2.24) is 4.90 Å². The SMILES string of the molecule is CC(c1ccccc1F)N1CCc2cc(-c3ccccc3C(F)(F)F)ccc2C1=O. The molecule has 30 heavy (non-hydrogen) atoms. The summed E-state index contributed by atoms with van der Waals surface area (Å²) in [6.45, 7) is 2.14. The minimum absolute atomic E-state index is 0.0856. The van der Waals surface area contributed by atoms with Gasteiger partial charge in [-0.25, -0.2) is 4.39 Å². The van der Waals surface area contributed by atoms with Crippen LogP contribution in [0.5, 0.6) is 0 Å². The molecule has 1 amide bonds. The lowest BCUT2D eigenvalue weighted by Crippen LogP contribution is -2.39. The third-order valence-electron chi connectivity index (χ3n) is 5.58. The number of benzene rings is 3. The van der Waals surface area contributed by atoms with Gasteiger partial charge in [0.15, 0.2) is 0 Å². The largest absolute Gasteiger partial charge is 0.417 e. The predicted molar refractivity (Wildman–Crippen MR) is 106 cm³/mol. The first-order valence-corrected chi connectivity index (χ1v) is 9.62. The molecule has 1 heterocycles. The van der Waals surface area contributed by atoms with Gasteiger partial charge in [-0.3, -0.25) is 4.79 Å². The van der Waals surface area contributed by atoms with E-state index in [1.54, 1.807) is 54.3 Å². The molecule has 0 aromatic heterocycles. The van der Waals surface area contributed by atoms with Crippen LogP contribution in [0.1, 0.15) is 40.0 Å². The lowest BCUT2D eigenvalue weighted by molar-refractivity contribution is -0.137. The standard InChI is InChI=1S/C24H19F4NO/c1-15(18-6-3-5-9-22(18)25)29-13-12-17-14-16(10-11-20(17)23(29)30)19-7-2-4-8-21(19)24(26,27)28/h2-11,14-15H,12-13H2,1H3. The molecular weight excluding hydrogens is 394 g/mol. The Morgan fingerprint density at radius 2 is 1.63 bits per heavy atom. The highest BCUT2D eigenvalue weighted by molar-refractivity contribution is 5.97. The van der Waals surface area contributed by atoms with Gasteiger partial charge in [0, 0.05) is 17.7 Å². The van der Waals surface area contributed by atoms with Crippen LogP contribution < -0.4 is 0 Å². The van der Waals surface area contributed by atoms with Gasteiger partial charge >= 0.3 is 6.18 Å². The van der Waals surface area contributed by atoms with E-state index in [1.165, 1.54) is 18.2 Å². The zero-order chi connectivity index (χ0) is 21.5. The van der Waals surface area contributed by atoms with E-state index in [0.717, 1.165) is 6.07 Å². The number of alkyl halides is 3. The third kappa shape index (κ3) is 3.58. The number of hydrogen-bond donors (Lipinski definition) is 0. The topological polar surface area (TPSA) is 20.3 Å². The summed E-state index contributed by atoms with van der Waals surface area (Å²) in [5.41, 5.74) is 1.38. The molecule has 154 valence electrons. The van der Waals surface area contributed by atoms with Gasteiger partial charge in [-0.15, -0.1) is 0 Å². The maximum atomic E-state index is 14.2. The molecule has 1 aliphatic rings. The Kier molecular flexibility index (Phi) is 5.10. The monoisotopic (exact) mass is 413 g/mol. The summed E-state index contributed by atoms with van der Waals surface area (Å²) in [5.74, 6) is -0.620. The van der Waals surface area contributed by atoms with E-state index in [4.69, 9.17) is 0 Å². The van der Waals surface area contributed by atoms with E-state index in [-0.39, 0.29) is 17.3 Å². The molecule has 0 fully saturated rings. The van der Waals surface area contributed by atoms with Crippen molar-refractivity contribution in [2.75, 3.05) is 6.54 Å². The van der Waals surface area contributed by atoms with Crippen molar-refractivity contribution >= 4 is 5.91 Å². The summed E-state index contributed by atoms with van der Waals surface area (Å²) >= 11 is 0. The van der Waals surface area contributed by atoms with Crippen LogP contribution in [-0.4, -0.2) is 17.4 Å². The number of hydrogen-bond acceptors (Lipinski definition) is 1. The fraction of sp³-hybridized carbons (Fsp3) is 0.208. The number of rotatable bonds is 3. The molecule has 0 saturated carbocycles. The van der Waals surface area contributed by atoms with Crippen molar-refractivity contribution in [3.8, 4) is 11.1 Å². The number of fused-ring (bicyclic) bond motifs is 1. The van der Waals surface area contributed by atoms with E-state index in [2.05, 4.69) is 0 Å². The van der Waals surface area contributed by atoms with Crippen molar-refractivity contribution in [2.45, 2.75) is 25.6 Å². The Bertz CT molecular complexity index is 1110. The summed E-state index contributed by atoms with van der Waals surface area (Å²) in [5, 5.41) is 0. The van der Waals surface area contributed by atoms with Gasteiger partial charge in [0.2, 0.25) is 0 Å². The number of halogens is 4. The molecule has 0 saturated heterocycles. The van der Waals surface area contributed by atoms with Crippen LogP contribution in [0.3, 0.4) is 0 Å². The predicted octanol–water partition coefficient (Wildman–Crippen LogP) is 6.27. The van der Waals surface area contributed by atoms with Gasteiger partial charge in [-0.2, -0.15) is 13.2 Å². The Morgan fingerprint density at radius 3 is 2.37 bits per heavy atom. The molecule has 3 aromatic rings. The van der Waals surface area contributed by atoms with E-state index in [0.29, 0.717) is 35.2 Å². The Hall–Kier alpha value is -3.15. The highest BCUT2D eigenvalue weighted by Crippen LogP contribution is 2.38. The summed E-state index contributed by atoms with van der Waals surface area (Å²) in [4.78, 5) is 14.6. The molecule has 1 unspecified atom stereocenters. The number of amides is 1. The van der Waals surface area contributed by atoms with Gasteiger partial charge in [0.1, 0.15) is 5.82 Å². The fourth-order valence-electron chi connectivity index (χ4n) is 4.01. The zero-order valence-electron chi connectivity index (χ0n) is 16.2. The molecule has 0 N–H and O–H groups in total. The van der Waals surface area contributed by atoms with E-state index < -0.39 is 17.8 Å². The lowest BCUT2D eigenvalue weighted by atomic mass is 9.91. The quantitative estimate of drug-likeness (QED) is 0.464. The van der Waals surface area contributed by atoms with E-state index in [1.807, 2.05) is 0 Å². The van der Waals surface area contributed by atoms with E-state index >= 15 is 0 Å². The van der Waals surface area contributed by atoms with Crippen molar-refractivity contribution in [3.63, 3.8) is 0 Å². The first-order valence-electron chi connectivity index (χ1n) is 9.62. The number of carbonyl (C=O) groups is 1. The van der Waals surface area contributed by atoms with Gasteiger partial charge in [-0.1, -0.05) is 48.5 Å². The second kappa shape index (κ2) is 7.59. The van der Waals surface area contributed by atoms with Crippen molar-refractivity contribution < 1.29 is 22.4 Å². The van der Waals surface area contributed by atoms with Crippen LogP contribution in [-0.2, 0) is 12.6 Å². The van der Waals surface area contributed by atoms with Crippen molar-refractivity contribution in [1.29, 1.82) is 0 Å². The van der Waals surface area contributed by atoms with Gasteiger partial charge in [-0.05, 0) is 48.2 Å². The van der Waals surface area contributed by atoms with Gasteiger partial charge in [0.25, 0.3) is 5.91 Å². The van der Waals surface area contributed by atoms with E-state index in [9.17, 15) is 22.4 Å². The highest BCUT2D eigenvalue weighted by atomic mass is 19.4. The summed E-state index contributed by atoms with van der Waals surface area (Å²) in [6.07, 6.45) is -3.98. The average Bonchev–Trinajstić information content (AvgIpc) is 2.73. The molecule has 0 bridgehead atoms. The molecule has 1 atom stereocenters. The first kappa shape index (κ1) is 20.1. The normalized spacial score (nSPS) is 15.1. The maximum Gasteiger partial charge on any atom is 0.417 e. The Morgan fingerprint density at radius 1 is 0.933 bits per heavy atom. The fourth-order valence-corrected chi connectivity index (χ4v) is 4.01. The summed E-state index contributed by atoms with van der Waals surface area (Å²) < 4.78 is 54.3. The maximum absolute atomic E-state index is 14.2. The van der Waals surface area contributed by atoms with Gasteiger partial charge < -0.3 is 4.90 Å².